The summed E-state index contributed by atoms with van der Waals surface area (Å²) in [7, 11) is 0. The summed E-state index contributed by atoms with van der Waals surface area (Å²) < 4.78 is 5.67. The lowest BCUT2D eigenvalue weighted by atomic mass is 10.1. The number of rotatable bonds is 6. The van der Waals surface area contributed by atoms with E-state index >= 15 is 0 Å². The summed E-state index contributed by atoms with van der Waals surface area (Å²) in [4.78, 5) is 27.7. The Kier molecular flexibility index (Phi) is 6.06. The van der Waals surface area contributed by atoms with Gasteiger partial charge >= 0.3 is 0 Å². The summed E-state index contributed by atoms with van der Waals surface area (Å²) in [6.45, 7) is 5.29. The van der Waals surface area contributed by atoms with Crippen molar-refractivity contribution in [3.8, 4) is 17.0 Å². The molecule has 0 unspecified atom stereocenters. The highest BCUT2D eigenvalue weighted by molar-refractivity contribution is 7.14. The van der Waals surface area contributed by atoms with Gasteiger partial charge in [0, 0.05) is 23.6 Å². The molecule has 0 bridgehead atoms. The highest BCUT2D eigenvalue weighted by atomic mass is 32.1. The quantitative estimate of drug-likeness (QED) is 0.648. The molecule has 1 aromatic heterocycles. The van der Waals surface area contributed by atoms with Crippen molar-refractivity contribution in [3.05, 3.63) is 59.0 Å². The molecule has 3 aromatic rings. The van der Waals surface area contributed by atoms with E-state index in [2.05, 4.69) is 15.6 Å². The molecule has 1 heterocycles. The maximum atomic E-state index is 12.2. The molecule has 0 aliphatic heterocycles. The first kappa shape index (κ1) is 19.6. The van der Waals surface area contributed by atoms with Crippen molar-refractivity contribution in [1.82, 2.24) is 4.98 Å². The van der Waals surface area contributed by atoms with Crippen LogP contribution in [0.3, 0.4) is 0 Å². The van der Waals surface area contributed by atoms with Gasteiger partial charge in [-0.15, -0.1) is 11.3 Å². The normalized spacial score (nSPS) is 10.4. The molecule has 28 heavy (non-hydrogen) atoms. The lowest BCUT2D eigenvalue weighted by molar-refractivity contribution is -0.118. The van der Waals surface area contributed by atoms with Gasteiger partial charge in [0.2, 0.25) is 5.91 Å². The van der Waals surface area contributed by atoms with Gasteiger partial charge in [-0.2, -0.15) is 0 Å². The fourth-order valence-corrected chi connectivity index (χ4v) is 3.45. The van der Waals surface area contributed by atoms with E-state index in [-0.39, 0.29) is 18.4 Å². The summed E-state index contributed by atoms with van der Waals surface area (Å²) >= 11 is 1.35. The van der Waals surface area contributed by atoms with Gasteiger partial charge in [-0.25, -0.2) is 4.98 Å². The van der Waals surface area contributed by atoms with E-state index in [1.165, 1.54) is 18.3 Å². The first-order chi connectivity index (χ1) is 13.4. The monoisotopic (exact) mass is 395 g/mol. The first-order valence-electron chi connectivity index (χ1n) is 8.75. The zero-order valence-corrected chi connectivity index (χ0v) is 16.7. The molecule has 0 fully saturated rings. The van der Waals surface area contributed by atoms with Gasteiger partial charge in [-0.05, 0) is 37.1 Å². The SMILES string of the molecule is CC(=O)Nc1ccc(-c2csc(NC(=O)COc3c(C)cccc3C)n2)cc1. The number of hydrogen-bond acceptors (Lipinski definition) is 5. The Bertz CT molecular complexity index is 976. The summed E-state index contributed by atoms with van der Waals surface area (Å²) in [5.74, 6) is 0.357. The summed E-state index contributed by atoms with van der Waals surface area (Å²) in [5.41, 5.74) is 4.37. The van der Waals surface area contributed by atoms with E-state index in [0.717, 1.165) is 33.8 Å². The zero-order valence-electron chi connectivity index (χ0n) is 15.9. The molecule has 0 saturated carbocycles. The van der Waals surface area contributed by atoms with Crippen LogP contribution in [0.5, 0.6) is 5.75 Å². The average Bonchev–Trinajstić information content (AvgIpc) is 3.10. The number of para-hydroxylation sites is 1. The standard InChI is InChI=1S/C21H21N3O3S/c1-13-5-4-6-14(2)20(13)27-11-19(26)24-21-23-18(12-28-21)16-7-9-17(10-8-16)22-15(3)25/h4-10,12H,11H2,1-3H3,(H,22,25)(H,23,24,26). The van der Waals surface area contributed by atoms with E-state index in [9.17, 15) is 9.59 Å². The Balaban J connectivity index is 1.59. The molecule has 144 valence electrons. The van der Waals surface area contributed by atoms with Crippen LogP contribution in [0.15, 0.2) is 47.8 Å². The fourth-order valence-electron chi connectivity index (χ4n) is 2.71. The van der Waals surface area contributed by atoms with Gasteiger partial charge in [0.15, 0.2) is 11.7 Å². The highest BCUT2D eigenvalue weighted by Crippen LogP contribution is 2.26. The third-order valence-electron chi connectivity index (χ3n) is 4.01. The van der Waals surface area contributed by atoms with Crippen LogP contribution in [0.1, 0.15) is 18.1 Å². The Morgan fingerprint density at radius 3 is 2.36 bits per heavy atom. The number of nitrogens with zero attached hydrogens (tertiary/aromatic N) is 1. The number of ether oxygens (including phenoxy) is 1. The second-order valence-corrected chi connectivity index (χ2v) is 7.21. The van der Waals surface area contributed by atoms with Crippen LogP contribution in [-0.2, 0) is 9.59 Å². The second-order valence-electron chi connectivity index (χ2n) is 6.35. The van der Waals surface area contributed by atoms with Crippen LogP contribution in [0, 0.1) is 13.8 Å². The van der Waals surface area contributed by atoms with E-state index in [1.807, 2.05) is 61.7 Å². The van der Waals surface area contributed by atoms with E-state index in [4.69, 9.17) is 4.74 Å². The van der Waals surface area contributed by atoms with Gasteiger partial charge in [-0.1, -0.05) is 30.3 Å². The van der Waals surface area contributed by atoms with Crippen molar-refractivity contribution in [1.29, 1.82) is 0 Å². The zero-order chi connectivity index (χ0) is 20.1. The van der Waals surface area contributed by atoms with Gasteiger partial charge in [0.1, 0.15) is 5.75 Å². The summed E-state index contributed by atoms with van der Waals surface area (Å²) in [5, 5.41) is 7.87. The fraction of sp³-hybridized carbons (Fsp3) is 0.190. The van der Waals surface area contributed by atoms with Crippen molar-refractivity contribution in [3.63, 3.8) is 0 Å². The number of benzene rings is 2. The molecule has 0 saturated heterocycles. The molecule has 7 heteroatoms. The van der Waals surface area contributed by atoms with Gasteiger partial charge in [-0.3, -0.25) is 14.9 Å². The van der Waals surface area contributed by atoms with Crippen molar-refractivity contribution < 1.29 is 14.3 Å². The van der Waals surface area contributed by atoms with E-state index in [1.54, 1.807) is 0 Å². The molecular formula is C21H21N3O3S. The van der Waals surface area contributed by atoms with Gasteiger partial charge < -0.3 is 10.1 Å². The molecule has 3 rings (SSSR count). The maximum Gasteiger partial charge on any atom is 0.264 e. The number of amides is 2. The number of carbonyl (C=O) groups is 2. The number of aromatic nitrogens is 1. The number of nitrogens with one attached hydrogen (secondary N) is 2. The molecular weight excluding hydrogens is 374 g/mol. The lowest BCUT2D eigenvalue weighted by Crippen LogP contribution is -2.20. The maximum absolute atomic E-state index is 12.2. The smallest absolute Gasteiger partial charge is 0.264 e. The Morgan fingerprint density at radius 2 is 1.71 bits per heavy atom. The Labute approximate surface area is 167 Å². The minimum atomic E-state index is -0.260. The Hall–Kier alpha value is -3.19. The van der Waals surface area contributed by atoms with Crippen LogP contribution in [0.4, 0.5) is 10.8 Å². The number of carbonyl (C=O) groups excluding carboxylic acids is 2. The Morgan fingerprint density at radius 1 is 1.04 bits per heavy atom. The third-order valence-corrected chi connectivity index (χ3v) is 4.77. The van der Waals surface area contributed by atoms with Crippen LogP contribution in [-0.4, -0.2) is 23.4 Å². The molecule has 0 radical (unpaired) electrons. The lowest BCUT2D eigenvalue weighted by Gasteiger charge is -2.11. The van der Waals surface area contributed by atoms with Crippen molar-refractivity contribution in [2.75, 3.05) is 17.2 Å². The first-order valence-corrected chi connectivity index (χ1v) is 9.63. The molecule has 0 spiro atoms. The van der Waals surface area contributed by atoms with Gasteiger partial charge in [0.25, 0.3) is 5.91 Å². The second kappa shape index (κ2) is 8.67. The van der Waals surface area contributed by atoms with Crippen molar-refractivity contribution >= 4 is 34.0 Å². The molecule has 2 N–H and O–H groups in total. The molecule has 0 atom stereocenters. The topological polar surface area (TPSA) is 80.3 Å². The molecule has 2 amide bonds. The minimum absolute atomic E-state index is 0.0774. The number of thiazole rings is 1. The summed E-state index contributed by atoms with van der Waals surface area (Å²) in [6.07, 6.45) is 0. The van der Waals surface area contributed by atoms with Crippen LogP contribution >= 0.6 is 11.3 Å². The number of aryl methyl sites for hydroxylation is 2. The number of anilines is 2. The van der Waals surface area contributed by atoms with E-state index in [0.29, 0.717) is 5.13 Å². The minimum Gasteiger partial charge on any atom is -0.483 e. The predicted octanol–water partition coefficient (Wildman–Crippen LogP) is 4.40. The van der Waals surface area contributed by atoms with Crippen LogP contribution < -0.4 is 15.4 Å². The highest BCUT2D eigenvalue weighted by Gasteiger charge is 2.11. The molecule has 6 nitrogen and oxygen atoms in total. The third kappa shape index (κ3) is 4.95. The molecule has 0 aliphatic rings. The largest absolute Gasteiger partial charge is 0.483 e. The van der Waals surface area contributed by atoms with Crippen LogP contribution in [0.25, 0.3) is 11.3 Å². The van der Waals surface area contributed by atoms with Gasteiger partial charge in [0.05, 0.1) is 5.69 Å². The van der Waals surface area contributed by atoms with Crippen molar-refractivity contribution in [2.45, 2.75) is 20.8 Å². The van der Waals surface area contributed by atoms with Crippen molar-refractivity contribution in [2.24, 2.45) is 0 Å². The van der Waals surface area contributed by atoms with E-state index < -0.39 is 0 Å². The molecule has 2 aromatic carbocycles. The summed E-state index contributed by atoms with van der Waals surface area (Å²) in [6, 6.07) is 13.2. The predicted molar refractivity (Wildman–Crippen MR) is 112 cm³/mol. The number of hydrogen-bond donors (Lipinski definition) is 2. The van der Waals surface area contributed by atoms with Crippen LogP contribution in [0.2, 0.25) is 0 Å². The average molecular weight is 395 g/mol. The molecule has 0 aliphatic carbocycles.